The van der Waals surface area contributed by atoms with E-state index in [1.54, 1.807) is 11.7 Å². The Morgan fingerprint density at radius 2 is 1.73 bits per heavy atom. The van der Waals surface area contributed by atoms with E-state index in [1.165, 1.54) is 0 Å². The highest BCUT2D eigenvalue weighted by atomic mass is 16.5. The Hall–Kier alpha value is -4.43. The summed E-state index contributed by atoms with van der Waals surface area (Å²) in [6, 6.07) is 22.9. The molecule has 2 heterocycles. The number of aromatic hydroxyl groups is 1. The zero-order valence-corrected chi connectivity index (χ0v) is 21.1. The maximum Gasteiger partial charge on any atom is 0.312 e. The molecule has 0 aliphatic heterocycles. The lowest BCUT2D eigenvalue weighted by Gasteiger charge is -2.19. The zero-order chi connectivity index (χ0) is 25.9. The number of H-pyrrole nitrogens is 1. The fraction of sp³-hybridized carbons (Fsp3) is 0.207. The van der Waals surface area contributed by atoms with Crippen molar-refractivity contribution in [3.8, 4) is 22.8 Å². The Labute approximate surface area is 214 Å². The van der Waals surface area contributed by atoms with Crippen LogP contribution in [-0.2, 0) is 6.67 Å². The van der Waals surface area contributed by atoms with Crippen LogP contribution in [0.4, 0.5) is 5.69 Å². The van der Waals surface area contributed by atoms with Gasteiger partial charge in [-0.2, -0.15) is 0 Å². The van der Waals surface area contributed by atoms with Crippen molar-refractivity contribution >= 4 is 33.4 Å². The normalized spacial score (nSPS) is 11.8. The summed E-state index contributed by atoms with van der Waals surface area (Å²) in [6.45, 7) is 6.33. The van der Waals surface area contributed by atoms with Crippen molar-refractivity contribution in [1.29, 1.82) is 0 Å². The number of benzene rings is 3. The molecule has 2 N–H and O–H groups in total. The van der Waals surface area contributed by atoms with Crippen molar-refractivity contribution in [2.45, 2.75) is 20.5 Å². The van der Waals surface area contributed by atoms with Gasteiger partial charge in [-0.05, 0) is 42.9 Å². The first-order chi connectivity index (χ1) is 18.0. The number of aromatic amines is 1. The molecular formula is C29H29N5O3. The van der Waals surface area contributed by atoms with Gasteiger partial charge in [0.1, 0.15) is 11.4 Å². The lowest BCUT2D eigenvalue weighted by atomic mass is 10.0. The van der Waals surface area contributed by atoms with Crippen LogP contribution in [-0.4, -0.2) is 45.7 Å². The molecule has 8 heteroatoms. The van der Waals surface area contributed by atoms with E-state index in [0.717, 1.165) is 46.0 Å². The number of carbonyl (C=O) groups excluding carboxylic acids is 1. The summed E-state index contributed by atoms with van der Waals surface area (Å²) in [7, 11) is 1.61. The molecule has 0 saturated heterocycles. The minimum absolute atomic E-state index is 0.0192. The predicted octanol–water partition coefficient (Wildman–Crippen LogP) is 6.73. The molecule has 37 heavy (non-hydrogen) atoms. The van der Waals surface area contributed by atoms with E-state index in [9.17, 15) is 9.90 Å². The molecule has 0 radical (unpaired) electrons. The first-order valence-electron chi connectivity index (χ1n) is 12.3. The largest absolute Gasteiger partial charge is 0.497 e. The van der Waals surface area contributed by atoms with Gasteiger partial charge in [0.15, 0.2) is 5.69 Å². The van der Waals surface area contributed by atoms with E-state index in [2.05, 4.69) is 34.0 Å². The highest BCUT2D eigenvalue weighted by Crippen LogP contribution is 2.40. The molecule has 2 aromatic heterocycles. The van der Waals surface area contributed by atoms with Crippen molar-refractivity contribution in [3.05, 3.63) is 78.5 Å². The molecule has 0 fully saturated rings. The number of ether oxygens (including phenoxy) is 1. The van der Waals surface area contributed by atoms with Crippen LogP contribution in [0.2, 0.25) is 0 Å². The molecule has 3 aromatic carbocycles. The number of para-hydroxylation sites is 1. The van der Waals surface area contributed by atoms with E-state index in [-0.39, 0.29) is 11.6 Å². The number of hydrogen-bond acceptors (Lipinski definition) is 5. The number of nitrogens with one attached hydrogen (secondary N) is 1. The second kappa shape index (κ2) is 10.3. The summed E-state index contributed by atoms with van der Waals surface area (Å²) in [5, 5.41) is 21.0. The Bertz CT molecular complexity index is 1600. The average molecular weight is 496 g/mol. The first kappa shape index (κ1) is 24.3. The lowest BCUT2D eigenvalue weighted by Crippen LogP contribution is -2.25. The van der Waals surface area contributed by atoms with Crippen LogP contribution in [0.5, 0.6) is 11.6 Å². The summed E-state index contributed by atoms with van der Waals surface area (Å²) in [5.74, 6) is 0.138. The van der Waals surface area contributed by atoms with E-state index in [0.29, 0.717) is 18.1 Å². The van der Waals surface area contributed by atoms with Crippen LogP contribution in [0.25, 0.3) is 32.9 Å². The maximum absolute atomic E-state index is 13.4. The van der Waals surface area contributed by atoms with Gasteiger partial charge in [0, 0.05) is 21.9 Å². The Morgan fingerprint density at radius 1 is 1.00 bits per heavy atom. The van der Waals surface area contributed by atoms with E-state index in [1.807, 2.05) is 72.8 Å². The molecule has 0 saturated carbocycles. The van der Waals surface area contributed by atoms with E-state index < -0.39 is 5.91 Å². The molecule has 0 aliphatic rings. The molecule has 0 bridgehead atoms. The Morgan fingerprint density at radius 3 is 2.46 bits per heavy atom. The third kappa shape index (κ3) is 4.47. The fourth-order valence-electron chi connectivity index (χ4n) is 4.65. The summed E-state index contributed by atoms with van der Waals surface area (Å²) in [4.78, 5) is 18.8. The van der Waals surface area contributed by atoms with Gasteiger partial charge in [-0.15, -0.1) is 10.2 Å². The monoisotopic (exact) mass is 495 g/mol. The van der Waals surface area contributed by atoms with Gasteiger partial charge in [-0.3, -0.25) is 14.3 Å². The first-order valence-corrected chi connectivity index (χ1v) is 12.3. The lowest BCUT2D eigenvalue weighted by molar-refractivity contribution is 0.0991. The van der Waals surface area contributed by atoms with Crippen molar-refractivity contribution in [2.75, 3.05) is 20.2 Å². The maximum atomic E-state index is 13.4. The number of rotatable bonds is 8. The topological polar surface area (TPSA) is 95.2 Å². The molecule has 0 aliphatic carbocycles. The molecule has 1 amide bonds. The number of aromatic nitrogens is 2. The SMILES string of the molecule is CCN(CC)Cn1c(O)c(N=NC(=O)c2[nH]c3ccc(OC)cc3c2-c2ccccc2)c2ccccc21. The molecule has 0 spiro atoms. The zero-order valence-electron chi connectivity index (χ0n) is 21.1. The minimum Gasteiger partial charge on any atom is -0.497 e. The molecule has 0 unspecified atom stereocenters. The molecule has 5 rings (SSSR count). The number of methoxy groups -OCH3 is 1. The van der Waals surface area contributed by atoms with Crippen LogP contribution in [0.3, 0.4) is 0 Å². The van der Waals surface area contributed by atoms with Crippen LogP contribution in [0.15, 0.2) is 83.0 Å². The Balaban J connectivity index is 1.59. The Kier molecular flexibility index (Phi) is 6.74. The van der Waals surface area contributed by atoms with E-state index >= 15 is 0 Å². The van der Waals surface area contributed by atoms with Crippen molar-refractivity contribution in [1.82, 2.24) is 14.5 Å². The van der Waals surface area contributed by atoms with Gasteiger partial charge in [0.25, 0.3) is 0 Å². The van der Waals surface area contributed by atoms with Gasteiger partial charge in [0.05, 0.1) is 19.3 Å². The number of azo groups is 1. The summed E-state index contributed by atoms with van der Waals surface area (Å²) >= 11 is 0. The van der Waals surface area contributed by atoms with Gasteiger partial charge in [-0.25, -0.2) is 0 Å². The van der Waals surface area contributed by atoms with Crippen molar-refractivity contribution in [3.63, 3.8) is 0 Å². The highest BCUT2D eigenvalue weighted by Gasteiger charge is 2.22. The van der Waals surface area contributed by atoms with E-state index in [4.69, 9.17) is 4.74 Å². The highest BCUT2D eigenvalue weighted by molar-refractivity contribution is 6.10. The standard InChI is InChI=1S/C29H29N5O3/c1-4-33(5-2)18-34-24-14-10-9-13-21(24)26(29(34)36)31-32-28(35)27-25(19-11-7-6-8-12-19)22-17-20(37-3)15-16-23(22)30-27/h6-17,30,36H,4-5,18H2,1-3H3. The number of hydrogen-bond donors (Lipinski definition) is 2. The minimum atomic E-state index is -0.533. The smallest absolute Gasteiger partial charge is 0.312 e. The van der Waals surface area contributed by atoms with Gasteiger partial charge in [0.2, 0.25) is 5.88 Å². The summed E-state index contributed by atoms with van der Waals surface area (Å²) < 4.78 is 7.21. The number of carbonyl (C=O) groups is 1. The molecule has 0 atom stereocenters. The number of amides is 1. The van der Waals surface area contributed by atoms with Crippen molar-refractivity contribution in [2.24, 2.45) is 10.2 Å². The second-order valence-corrected chi connectivity index (χ2v) is 8.72. The van der Waals surface area contributed by atoms with Crippen molar-refractivity contribution < 1.29 is 14.6 Å². The van der Waals surface area contributed by atoms with Crippen LogP contribution in [0.1, 0.15) is 24.3 Å². The summed E-state index contributed by atoms with van der Waals surface area (Å²) in [5.41, 5.74) is 3.82. The predicted molar refractivity (Wildman–Crippen MR) is 146 cm³/mol. The van der Waals surface area contributed by atoms with Crippen LogP contribution >= 0.6 is 0 Å². The second-order valence-electron chi connectivity index (χ2n) is 8.72. The van der Waals surface area contributed by atoms with Gasteiger partial charge in [-0.1, -0.05) is 62.4 Å². The molecule has 8 nitrogen and oxygen atoms in total. The van der Waals surface area contributed by atoms with Gasteiger partial charge >= 0.3 is 5.91 Å². The quantitative estimate of drug-likeness (QED) is 0.233. The van der Waals surface area contributed by atoms with Gasteiger partial charge < -0.3 is 14.8 Å². The third-order valence-corrected chi connectivity index (χ3v) is 6.68. The number of fused-ring (bicyclic) bond motifs is 2. The van der Waals surface area contributed by atoms with Crippen LogP contribution < -0.4 is 4.74 Å². The molecular weight excluding hydrogens is 466 g/mol. The number of nitrogens with zero attached hydrogens (tertiary/aromatic N) is 4. The molecule has 188 valence electrons. The molecule has 5 aromatic rings. The third-order valence-electron chi connectivity index (χ3n) is 6.68. The van der Waals surface area contributed by atoms with Crippen LogP contribution in [0, 0.1) is 0 Å². The fourth-order valence-corrected chi connectivity index (χ4v) is 4.65. The average Bonchev–Trinajstić information content (AvgIpc) is 3.45. The summed E-state index contributed by atoms with van der Waals surface area (Å²) in [6.07, 6.45) is 0.